The van der Waals surface area contributed by atoms with Gasteiger partial charge in [-0.05, 0) is 38.0 Å². The second-order valence-electron chi connectivity index (χ2n) is 5.00. The Balaban J connectivity index is 1.89. The molecule has 0 saturated heterocycles. The van der Waals surface area contributed by atoms with E-state index in [4.69, 9.17) is 5.73 Å². The smallest absolute Gasteiger partial charge is 0.193 e. The Hall–Kier alpha value is -2.29. The molecule has 0 fully saturated rings. The summed E-state index contributed by atoms with van der Waals surface area (Å²) < 4.78 is 0. The minimum atomic E-state index is 0.459. The van der Waals surface area contributed by atoms with Gasteiger partial charge in [-0.1, -0.05) is 47.5 Å². The topological polar surface area (TPSA) is 50.4 Å². The summed E-state index contributed by atoms with van der Waals surface area (Å²) >= 11 is 0. The number of nitrogens with one attached hydrogen (secondary N) is 1. The molecule has 0 aliphatic heterocycles. The van der Waals surface area contributed by atoms with E-state index in [9.17, 15) is 0 Å². The first-order chi connectivity index (χ1) is 9.63. The van der Waals surface area contributed by atoms with Crippen molar-refractivity contribution >= 4 is 11.6 Å². The fourth-order valence-corrected chi connectivity index (χ4v) is 2.23. The molecule has 0 saturated carbocycles. The number of anilines is 1. The van der Waals surface area contributed by atoms with Crippen LogP contribution < -0.4 is 11.1 Å². The Morgan fingerprint density at radius 3 is 2.35 bits per heavy atom. The highest BCUT2D eigenvalue weighted by Crippen LogP contribution is 2.09. The molecule has 104 valence electrons. The van der Waals surface area contributed by atoms with Crippen LogP contribution in [0.2, 0.25) is 0 Å². The number of rotatable bonds is 4. The molecule has 3 heteroatoms. The second-order valence-corrected chi connectivity index (χ2v) is 5.00. The van der Waals surface area contributed by atoms with E-state index in [-0.39, 0.29) is 0 Å². The van der Waals surface area contributed by atoms with E-state index in [2.05, 4.69) is 42.4 Å². The SMILES string of the molecule is Cc1cc(C)cc(CCN=C(N)Nc2ccccc2)c1. The first-order valence-corrected chi connectivity index (χ1v) is 6.82. The number of hydrogen-bond acceptors (Lipinski definition) is 1. The normalized spacial score (nSPS) is 11.4. The zero-order chi connectivity index (χ0) is 14.4. The molecular formula is C17H21N3. The van der Waals surface area contributed by atoms with E-state index in [1.165, 1.54) is 16.7 Å². The molecule has 0 radical (unpaired) electrons. The van der Waals surface area contributed by atoms with E-state index in [1.54, 1.807) is 0 Å². The zero-order valence-corrected chi connectivity index (χ0v) is 12.1. The Kier molecular flexibility index (Phi) is 4.77. The van der Waals surface area contributed by atoms with Gasteiger partial charge in [-0.3, -0.25) is 4.99 Å². The Labute approximate surface area is 120 Å². The molecule has 0 unspecified atom stereocenters. The van der Waals surface area contributed by atoms with Crippen LogP contribution in [-0.2, 0) is 6.42 Å². The molecule has 2 aromatic rings. The summed E-state index contributed by atoms with van der Waals surface area (Å²) in [5, 5.41) is 3.08. The van der Waals surface area contributed by atoms with Gasteiger partial charge in [0.1, 0.15) is 0 Å². The van der Waals surface area contributed by atoms with E-state index >= 15 is 0 Å². The van der Waals surface area contributed by atoms with E-state index in [0.717, 1.165) is 12.1 Å². The Morgan fingerprint density at radius 1 is 1.05 bits per heavy atom. The third kappa shape index (κ3) is 4.43. The summed E-state index contributed by atoms with van der Waals surface area (Å²) in [7, 11) is 0. The lowest BCUT2D eigenvalue weighted by Gasteiger charge is -2.06. The fourth-order valence-electron chi connectivity index (χ4n) is 2.23. The molecule has 0 atom stereocenters. The summed E-state index contributed by atoms with van der Waals surface area (Å²) in [5.74, 6) is 0.459. The van der Waals surface area contributed by atoms with Gasteiger partial charge in [0.05, 0.1) is 0 Å². The minimum Gasteiger partial charge on any atom is -0.370 e. The first-order valence-electron chi connectivity index (χ1n) is 6.82. The highest BCUT2D eigenvalue weighted by atomic mass is 15.1. The van der Waals surface area contributed by atoms with Crippen LogP contribution in [0.4, 0.5) is 5.69 Å². The molecule has 0 heterocycles. The number of para-hydroxylation sites is 1. The van der Waals surface area contributed by atoms with Crippen molar-refractivity contribution in [2.24, 2.45) is 10.7 Å². The van der Waals surface area contributed by atoms with Crippen molar-refractivity contribution in [2.45, 2.75) is 20.3 Å². The van der Waals surface area contributed by atoms with Crippen molar-refractivity contribution in [3.63, 3.8) is 0 Å². The maximum Gasteiger partial charge on any atom is 0.193 e. The molecule has 0 spiro atoms. The second kappa shape index (κ2) is 6.75. The summed E-state index contributed by atoms with van der Waals surface area (Å²) in [5.41, 5.74) is 10.7. The van der Waals surface area contributed by atoms with Gasteiger partial charge in [-0.2, -0.15) is 0 Å². The van der Waals surface area contributed by atoms with Crippen LogP contribution in [0.1, 0.15) is 16.7 Å². The van der Waals surface area contributed by atoms with Crippen molar-refractivity contribution in [3.8, 4) is 0 Å². The van der Waals surface area contributed by atoms with Gasteiger partial charge in [0.2, 0.25) is 0 Å². The minimum absolute atomic E-state index is 0.459. The van der Waals surface area contributed by atoms with Crippen molar-refractivity contribution in [2.75, 3.05) is 11.9 Å². The number of hydrogen-bond donors (Lipinski definition) is 2. The number of benzene rings is 2. The lowest BCUT2D eigenvalue weighted by Crippen LogP contribution is -2.23. The molecule has 0 amide bonds. The number of aliphatic imine (C=N–C) groups is 1. The molecule has 0 bridgehead atoms. The zero-order valence-electron chi connectivity index (χ0n) is 12.1. The predicted molar refractivity (Wildman–Crippen MR) is 86.2 cm³/mol. The number of aryl methyl sites for hydroxylation is 2. The molecule has 2 rings (SSSR count). The fraction of sp³-hybridized carbons (Fsp3) is 0.235. The van der Waals surface area contributed by atoms with Gasteiger partial charge in [0.15, 0.2) is 5.96 Å². The van der Waals surface area contributed by atoms with Crippen molar-refractivity contribution in [1.82, 2.24) is 0 Å². The predicted octanol–water partition coefficient (Wildman–Crippen LogP) is 3.27. The van der Waals surface area contributed by atoms with Crippen molar-refractivity contribution < 1.29 is 0 Å². The molecule has 2 aromatic carbocycles. The third-order valence-electron chi connectivity index (χ3n) is 3.01. The molecule has 3 nitrogen and oxygen atoms in total. The molecule has 0 aromatic heterocycles. The van der Waals surface area contributed by atoms with Crippen LogP contribution >= 0.6 is 0 Å². The maximum atomic E-state index is 5.87. The summed E-state index contributed by atoms with van der Waals surface area (Å²) in [4.78, 5) is 4.36. The van der Waals surface area contributed by atoms with Crippen LogP contribution in [0, 0.1) is 13.8 Å². The highest BCUT2D eigenvalue weighted by molar-refractivity contribution is 5.92. The first kappa shape index (κ1) is 14.1. The molecular weight excluding hydrogens is 246 g/mol. The molecule has 20 heavy (non-hydrogen) atoms. The summed E-state index contributed by atoms with van der Waals surface area (Å²) in [6.07, 6.45) is 0.902. The highest BCUT2D eigenvalue weighted by Gasteiger charge is 1.97. The summed E-state index contributed by atoms with van der Waals surface area (Å²) in [6, 6.07) is 16.4. The van der Waals surface area contributed by atoms with Crippen LogP contribution in [0.5, 0.6) is 0 Å². The summed E-state index contributed by atoms with van der Waals surface area (Å²) in [6.45, 7) is 4.92. The number of nitrogens with two attached hydrogens (primary N) is 1. The average Bonchev–Trinajstić information content (AvgIpc) is 2.38. The van der Waals surface area contributed by atoms with Crippen LogP contribution in [0.25, 0.3) is 0 Å². The van der Waals surface area contributed by atoms with Gasteiger partial charge in [0.25, 0.3) is 0 Å². The third-order valence-corrected chi connectivity index (χ3v) is 3.01. The number of guanidine groups is 1. The maximum absolute atomic E-state index is 5.87. The largest absolute Gasteiger partial charge is 0.370 e. The standard InChI is InChI=1S/C17H21N3/c1-13-10-14(2)12-15(11-13)8-9-19-17(18)20-16-6-4-3-5-7-16/h3-7,10-12H,8-9H2,1-2H3,(H3,18,19,20). The van der Waals surface area contributed by atoms with Gasteiger partial charge in [-0.15, -0.1) is 0 Å². The number of nitrogens with zero attached hydrogens (tertiary/aromatic N) is 1. The molecule has 0 aliphatic rings. The molecule has 0 aliphatic carbocycles. The van der Waals surface area contributed by atoms with Crippen molar-refractivity contribution in [1.29, 1.82) is 0 Å². The van der Waals surface area contributed by atoms with E-state index < -0.39 is 0 Å². The molecule has 3 N–H and O–H groups in total. The van der Waals surface area contributed by atoms with Gasteiger partial charge in [0, 0.05) is 12.2 Å². The van der Waals surface area contributed by atoms with Crippen LogP contribution in [0.15, 0.2) is 53.5 Å². The Morgan fingerprint density at radius 2 is 1.70 bits per heavy atom. The van der Waals surface area contributed by atoms with E-state index in [0.29, 0.717) is 12.5 Å². The van der Waals surface area contributed by atoms with E-state index in [1.807, 2.05) is 30.3 Å². The van der Waals surface area contributed by atoms with Gasteiger partial charge in [-0.25, -0.2) is 0 Å². The quantitative estimate of drug-likeness (QED) is 0.660. The van der Waals surface area contributed by atoms with Crippen LogP contribution in [-0.4, -0.2) is 12.5 Å². The van der Waals surface area contributed by atoms with Gasteiger partial charge >= 0.3 is 0 Å². The average molecular weight is 267 g/mol. The van der Waals surface area contributed by atoms with Crippen LogP contribution in [0.3, 0.4) is 0 Å². The monoisotopic (exact) mass is 267 g/mol. The lowest BCUT2D eigenvalue weighted by molar-refractivity contribution is 0.960. The van der Waals surface area contributed by atoms with Crippen molar-refractivity contribution in [3.05, 3.63) is 65.2 Å². The van der Waals surface area contributed by atoms with Gasteiger partial charge < -0.3 is 11.1 Å². The lowest BCUT2D eigenvalue weighted by atomic mass is 10.1. The Bertz CT molecular complexity index is 568.